The summed E-state index contributed by atoms with van der Waals surface area (Å²) in [5.74, 6) is -0.680. The maximum absolute atomic E-state index is 12.8. The zero-order valence-electron chi connectivity index (χ0n) is 14.3. The third-order valence-electron chi connectivity index (χ3n) is 5.04. The summed E-state index contributed by atoms with van der Waals surface area (Å²) in [6.07, 6.45) is 0. The molecule has 2 saturated heterocycles. The quantitative estimate of drug-likeness (QED) is 0.724. The summed E-state index contributed by atoms with van der Waals surface area (Å²) in [6.45, 7) is 1.31. The van der Waals surface area contributed by atoms with E-state index in [1.165, 1.54) is 11.9 Å². The Labute approximate surface area is 150 Å². The van der Waals surface area contributed by atoms with Crippen LogP contribution >= 0.6 is 0 Å². The number of anilines is 2. The van der Waals surface area contributed by atoms with Gasteiger partial charge in [0, 0.05) is 26.7 Å². The summed E-state index contributed by atoms with van der Waals surface area (Å²) >= 11 is 0. The molecule has 1 N–H and O–H groups in total. The maximum atomic E-state index is 12.8. The predicted octanol–water partition coefficient (Wildman–Crippen LogP) is -0.450. The monoisotopic (exact) mass is 357 g/mol. The van der Waals surface area contributed by atoms with Gasteiger partial charge in [0.1, 0.15) is 12.6 Å². The number of carbonyl (C=O) groups is 4. The molecular formula is C17H19N5O4. The van der Waals surface area contributed by atoms with Crippen molar-refractivity contribution in [1.29, 1.82) is 0 Å². The molecule has 1 atom stereocenters. The van der Waals surface area contributed by atoms with Gasteiger partial charge < -0.3 is 10.2 Å². The van der Waals surface area contributed by atoms with Gasteiger partial charge in [0.05, 0.1) is 17.9 Å². The van der Waals surface area contributed by atoms with Gasteiger partial charge in [-0.25, -0.2) is 4.79 Å². The average Bonchev–Trinajstić information content (AvgIpc) is 2.85. The van der Waals surface area contributed by atoms with Gasteiger partial charge in [-0.2, -0.15) is 0 Å². The Morgan fingerprint density at radius 3 is 2.77 bits per heavy atom. The number of urea groups is 1. The van der Waals surface area contributed by atoms with Crippen molar-refractivity contribution in [3.05, 3.63) is 24.3 Å². The van der Waals surface area contributed by atoms with Crippen LogP contribution in [-0.4, -0.2) is 84.3 Å². The molecule has 1 unspecified atom stereocenters. The van der Waals surface area contributed by atoms with Crippen molar-refractivity contribution in [2.75, 3.05) is 50.0 Å². The molecule has 136 valence electrons. The number of carbonyl (C=O) groups excluding carboxylic acids is 4. The zero-order valence-corrected chi connectivity index (χ0v) is 14.3. The minimum atomic E-state index is -0.536. The Balaban J connectivity index is 1.47. The summed E-state index contributed by atoms with van der Waals surface area (Å²) in [6, 6.07) is 6.33. The van der Waals surface area contributed by atoms with Crippen LogP contribution < -0.4 is 10.2 Å². The fraction of sp³-hybridized carbons (Fsp3) is 0.412. The standard InChI is InChI=1S/C17H19N5O4/c1-19-16(25)13-8-20(6-7-21(13)17(19)26)10-15(24)22-9-14(23)18-11-4-2-3-5-12(11)22/h2-5,13H,6-10H2,1H3,(H,18,23). The third kappa shape index (κ3) is 2.60. The van der Waals surface area contributed by atoms with Crippen molar-refractivity contribution in [3.8, 4) is 0 Å². The molecular weight excluding hydrogens is 338 g/mol. The molecule has 9 nitrogen and oxygen atoms in total. The molecule has 0 aromatic heterocycles. The fourth-order valence-electron chi connectivity index (χ4n) is 3.67. The lowest BCUT2D eigenvalue weighted by Gasteiger charge is -2.36. The molecule has 26 heavy (non-hydrogen) atoms. The first-order valence-electron chi connectivity index (χ1n) is 8.45. The number of likely N-dealkylation sites (N-methyl/N-ethyl adjacent to an activating group) is 1. The Hall–Kier alpha value is -2.94. The van der Waals surface area contributed by atoms with Crippen LogP contribution in [0.15, 0.2) is 24.3 Å². The molecule has 2 fully saturated rings. The van der Waals surface area contributed by atoms with Gasteiger partial charge in [-0.3, -0.25) is 29.1 Å². The average molecular weight is 357 g/mol. The van der Waals surface area contributed by atoms with Crippen LogP contribution in [0.2, 0.25) is 0 Å². The van der Waals surface area contributed by atoms with E-state index in [1.807, 2.05) is 11.0 Å². The molecule has 0 spiro atoms. The van der Waals surface area contributed by atoms with E-state index in [0.717, 1.165) is 4.90 Å². The Morgan fingerprint density at radius 1 is 1.19 bits per heavy atom. The lowest BCUT2D eigenvalue weighted by molar-refractivity contribution is -0.129. The van der Waals surface area contributed by atoms with Crippen molar-refractivity contribution >= 4 is 35.1 Å². The third-order valence-corrected chi connectivity index (χ3v) is 5.04. The number of nitrogens with zero attached hydrogens (tertiary/aromatic N) is 4. The summed E-state index contributed by atoms with van der Waals surface area (Å²) in [7, 11) is 1.47. The van der Waals surface area contributed by atoms with Gasteiger partial charge in [0.2, 0.25) is 11.8 Å². The van der Waals surface area contributed by atoms with E-state index >= 15 is 0 Å². The molecule has 4 rings (SSSR count). The van der Waals surface area contributed by atoms with Crippen molar-refractivity contribution in [3.63, 3.8) is 0 Å². The van der Waals surface area contributed by atoms with Gasteiger partial charge in [-0.05, 0) is 12.1 Å². The molecule has 3 aliphatic heterocycles. The number of para-hydroxylation sites is 2. The molecule has 1 aromatic carbocycles. The molecule has 0 aliphatic carbocycles. The number of rotatable bonds is 2. The highest BCUT2D eigenvalue weighted by Crippen LogP contribution is 2.29. The number of imide groups is 1. The normalized spacial score (nSPS) is 23.0. The highest BCUT2D eigenvalue weighted by molar-refractivity contribution is 6.10. The number of piperazine rings is 1. The largest absolute Gasteiger partial charge is 0.327 e. The molecule has 0 saturated carbocycles. The summed E-state index contributed by atoms with van der Waals surface area (Å²) < 4.78 is 0. The fourth-order valence-corrected chi connectivity index (χ4v) is 3.67. The SMILES string of the molecule is CN1C(=O)C2CN(CC(=O)N3CC(=O)Nc4ccccc43)CCN2C1=O. The minimum Gasteiger partial charge on any atom is -0.323 e. The van der Waals surface area contributed by atoms with Crippen LogP contribution in [0.25, 0.3) is 0 Å². The van der Waals surface area contributed by atoms with Crippen molar-refractivity contribution in [2.45, 2.75) is 6.04 Å². The summed E-state index contributed by atoms with van der Waals surface area (Å²) in [5.41, 5.74) is 1.28. The Morgan fingerprint density at radius 2 is 1.96 bits per heavy atom. The van der Waals surface area contributed by atoms with Crippen LogP contribution in [0.5, 0.6) is 0 Å². The number of fused-ring (bicyclic) bond motifs is 2. The molecule has 0 bridgehead atoms. The van der Waals surface area contributed by atoms with E-state index in [-0.39, 0.29) is 36.8 Å². The lowest BCUT2D eigenvalue weighted by atomic mass is 10.1. The summed E-state index contributed by atoms with van der Waals surface area (Å²) in [4.78, 5) is 54.9. The van der Waals surface area contributed by atoms with Gasteiger partial charge in [0.15, 0.2) is 0 Å². The van der Waals surface area contributed by atoms with Crippen LogP contribution in [0.1, 0.15) is 0 Å². The Bertz CT molecular complexity index is 810. The second kappa shape index (κ2) is 6.10. The van der Waals surface area contributed by atoms with E-state index in [2.05, 4.69) is 5.32 Å². The summed E-state index contributed by atoms with van der Waals surface area (Å²) in [5, 5.41) is 2.75. The van der Waals surface area contributed by atoms with Gasteiger partial charge in [-0.15, -0.1) is 0 Å². The lowest BCUT2D eigenvalue weighted by Crippen LogP contribution is -2.56. The second-order valence-electron chi connectivity index (χ2n) is 6.67. The topological polar surface area (TPSA) is 93.3 Å². The first-order valence-corrected chi connectivity index (χ1v) is 8.45. The minimum absolute atomic E-state index is 0.0284. The van der Waals surface area contributed by atoms with Crippen LogP contribution in [-0.2, 0) is 14.4 Å². The van der Waals surface area contributed by atoms with Crippen LogP contribution in [0.3, 0.4) is 0 Å². The molecule has 0 radical (unpaired) electrons. The molecule has 3 aliphatic rings. The van der Waals surface area contributed by atoms with Gasteiger partial charge in [-0.1, -0.05) is 12.1 Å². The molecule has 1 aromatic rings. The predicted molar refractivity (Wildman–Crippen MR) is 92.5 cm³/mol. The van der Waals surface area contributed by atoms with E-state index in [9.17, 15) is 19.2 Å². The van der Waals surface area contributed by atoms with Crippen LogP contribution in [0.4, 0.5) is 16.2 Å². The van der Waals surface area contributed by atoms with E-state index in [0.29, 0.717) is 31.0 Å². The second-order valence-corrected chi connectivity index (χ2v) is 6.67. The number of nitrogens with one attached hydrogen (secondary N) is 1. The van der Waals surface area contributed by atoms with E-state index < -0.39 is 6.04 Å². The highest BCUT2D eigenvalue weighted by atomic mass is 16.2. The van der Waals surface area contributed by atoms with Crippen molar-refractivity contribution in [2.24, 2.45) is 0 Å². The first-order chi connectivity index (χ1) is 12.5. The maximum Gasteiger partial charge on any atom is 0.327 e. The number of hydrogen-bond donors (Lipinski definition) is 1. The van der Waals surface area contributed by atoms with E-state index in [1.54, 1.807) is 23.1 Å². The molecule has 5 amide bonds. The Kier molecular flexibility index (Phi) is 3.87. The van der Waals surface area contributed by atoms with Crippen molar-refractivity contribution < 1.29 is 19.2 Å². The first kappa shape index (κ1) is 16.5. The molecule has 9 heteroatoms. The zero-order chi connectivity index (χ0) is 18.4. The van der Waals surface area contributed by atoms with E-state index in [4.69, 9.17) is 0 Å². The number of benzene rings is 1. The smallest absolute Gasteiger partial charge is 0.323 e. The van der Waals surface area contributed by atoms with Gasteiger partial charge in [0.25, 0.3) is 5.91 Å². The number of amides is 5. The highest BCUT2D eigenvalue weighted by Gasteiger charge is 2.46. The molecule has 3 heterocycles. The van der Waals surface area contributed by atoms with Crippen LogP contribution in [0, 0.1) is 0 Å². The van der Waals surface area contributed by atoms with Crippen molar-refractivity contribution in [1.82, 2.24) is 14.7 Å². The number of hydrogen-bond acceptors (Lipinski definition) is 5. The van der Waals surface area contributed by atoms with Gasteiger partial charge >= 0.3 is 6.03 Å².